The number of aliphatic imine (C=N–C) groups is 2. The van der Waals surface area contributed by atoms with Gasteiger partial charge in [-0.2, -0.15) is 0 Å². The summed E-state index contributed by atoms with van der Waals surface area (Å²) < 4.78 is 12.3. The zero-order valence-corrected chi connectivity index (χ0v) is 34.0. The first-order valence-electron chi connectivity index (χ1n) is 18.9. The van der Waals surface area contributed by atoms with Crippen molar-refractivity contribution in [3.63, 3.8) is 0 Å². The van der Waals surface area contributed by atoms with E-state index in [2.05, 4.69) is 26.3 Å². The Morgan fingerprint density at radius 1 is 0.673 bits per heavy atom. The van der Waals surface area contributed by atoms with Crippen molar-refractivity contribution in [3.05, 3.63) is 68.1 Å². The molecule has 5 heterocycles. The Kier molecular flexibility index (Phi) is 12.3. The van der Waals surface area contributed by atoms with E-state index in [1.54, 1.807) is 24.6 Å². The molecule has 55 heavy (non-hydrogen) atoms. The van der Waals surface area contributed by atoms with Crippen LogP contribution in [0.1, 0.15) is 110 Å². The number of rotatable bonds is 6. The molecule has 16 heteroatoms. The molecular weight excluding hydrogens is 741 g/mol. The molecule has 9 unspecified atom stereocenters. The molecule has 14 nitrogen and oxygen atoms in total. The van der Waals surface area contributed by atoms with Crippen LogP contribution in [0.5, 0.6) is 0 Å². The fourth-order valence-corrected chi connectivity index (χ4v) is 8.55. The molecule has 0 saturated carbocycles. The first-order valence-corrected chi connectivity index (χ1v) is 20.7. The maximum absolute atomic E-state index is 14.0. The number of fused-ring (bicyclic) bond motifs is 6. The van der Waals surface area contributed by atoms with Crippen molar-refractivity contribution in [2.24, 2.45) is 27.7 Å². The summed E-state index contributed by atoms with van der Waals surface area (Å²) in [6.45, 7) is 15.3. The summed E-state index contributed by atoms with van der Waals surface area (Å²) in [5.41, 5.74) is 1.35. The molecule has 0 radical (unpaired) electrons. The second-order valence-corrected chi connectivity index (χ2v) is 16.9. The Morgan fingerprint density at radius 2 is 1.18 bits per heavy atom. The highest BCUT2D eigenvalue weighted by molar-refractivity contribution is 7.10. The molecule has 0 aliphatic carbocycles. The van der Waals surface area contributed by atoms with Crippen LogP contribution in [0.15, 0.2) is 51.1 Å². The standard InChI is InChI=1S/C39H50N8O6S2/c1-9-20(6)29-37-47-31(22(8)53-37)35(51)44-28(19(4)5)39-42-26(17-55-39)32(48)43-27(18(2)3)36-46-30(21(7)52-36)34(50)40-24(15-23-13-11-10-12-14-23)38-41-25(16-54-38)33(49)45-29/h10-14,16-22,24,27-31H,9,15H2,1-8H3,(H,40,50)(H,43,48)(H,44,51)(H,45,49). The number of nitrogens with one attached hydrogen (secondary N) is 4. The zero-order chi connectivity index (χ0) is 39.6. The number of aromatic nitrogens is 2. The van der Waals surface area contributed by atoms with Crippen molar-refractivity contribution >= 4 is 58.1 Å². The fraction of sp³-hybridized carbons (Fsp3) is 0.538. The van der Waals surface area contributed by atoms with Crippen LogP contribution in [0.25, 0.3) is 0 Å². The fourth-order valence-electron chi connectivity index (χ4n) is 6.68. The normalized spacial score (nSPS) is 28.2. The molecule has 0 saturated heterocycles. The lowest BCUT2D eigenvalue weighted by Crippen LogP contribution is -2.45. The van der Waals surface area contributed by atoms with E-state index in [4.69, 9.17) is 24.4 Å². The summed E-state index contributed by atoms with van der Waals surface area (Å²) in [6.07, 6.45) is -0.0891. The monoisotopic (exact) mass is 790 g/mol. The van der Waals surface area contributed by atoms with Crippen molar-refractivity contribution in [2.75, 3.05) is 0 Å². The smallest absolute Gasteiger partial charge is 0.271 e. The number of amides is 4. The molecule has 0 spiro atoms. The molecule has 6 rings (SSSR count). The first-order chi connectivity index (χ1) is 26.2. The molecule has 8 bridgehead atoms. The van der Waals surface area contributed by atoms with Gasteiger partial charge in [0, 0.05) is 10.8 Å². The van der Waals surface area contributed by atoms with Gasteiger partial charge in [0.05, 0.1) is 12.1 Å². The van der Waals surface area contributed by atoms with Crippen LogP contribution in [-0.2, 0) is 25.5 Å². The van der Waals surface area contributed by atoms with Crippen LogP contribution in [-0.4, -0.2) is 81.8 Å². The second-order valence-electron chi connectivity index (χ2n) is 15.1. The molecule has 4 N–H and O–H groups in total. The Balaban J connectivity index is 1.39. The number of nitrogens with zero attached hydrogens (tertiary/aromatic N) is 4. The number of thiazole rings is 2. The van der Waals surface area contributed by atoms with Crippen LogP contribution in [0, 0.1) is 17.8 Å². The van der Waals surface area contributed by atoms with Gasteiger partial charge in [-0.15, -0.1) is 22.7 Å². The van der Waals surface area contributed by atoms with Gasteiger partial charge >= 0.3 is 0 Å². The van der Waals surface area contributed by atoms with Gasteiger partial charge in [0.1, 0.15) is 45.7 Å². The highest BCUT2D eigenvalue weighted by Gasteiger charge is 2.41. The molecule has 3 aliphatic rings. The lowest BCUT2D eigenvalue weighted by Gasteiger charge is -2.24. The molecule has 294 valence electrons. The van der Waals surface area contributed by atoms with Gasteiger partial charge in [0.2, 0.25) is 23.6 Å². The number of benzene rings is 1. The summed E-state index contributed by atoms with van der Waals surface area (Å²) in [5.74, 6) is -1.32. The predicted molar refractivity (Wildman–Crippen MR) is 211 cm³/mol. The first kappa shape index (κ1) is 40.0. The summed E-state index contributed by atoms with van der Waals surface area (Å²) >= 11 is 2.55. The van der Waals surface area contributed by atoms with Gasteiger partial charge in [-0.3, -0.25) is 19.2 Å². The molecule has 3 aliphatic heterocycles. The van der Waals surface area contributed by atoms with Crippen LogP contribution in [0.4, 0.5) is 0 Å². The van der Waals surface area contributed by atoms with Gasteiger partial charge < -0.3 is 30.7 Å². The van der Waals surface area contributed by atoms with Gasteiger partial charge in [0.15, 0.2) is 12.1 Å². The molecule has 4 amide bonds. The minimum absolute atomic E-state index is 0.0673. The molecule has 1 aromatic carbocycles. The molecule has 3 aromatic rings. The number of carbonyl (C=O) groups excluding carboxylic acids is 4. The molecule has 0 fully saturated rings. The maximum Gasteiger partial charge on any atom is 0.271 e. The lowest BCUT2D eigenvalue weighted by atomic mass is 9.98. The average molecular weight is 791 g/mol. The third kappa shape index (κ3) is 8.90. The average Bonchev–Trinajstić information content (AvgIpc) is 3.98. The van der Waals surface area contributed by atoms with Crippen molar-refractivity contribution in [2.45, 2.75) is 117 Å². The Bertz CT molecular complexity index is 1940. The molecule has 9 atom stereocenters. The Hall–Kier alpha value is -4.70. The Morgan fingerprint density at radius 3 is 1.75 bits per heavy atom. The van der Waals surface area contributed by atoms with Crippen molar-refractivity contribution in [1.29, 1.82) is 0 Å². The predicted octanol–water partition coefficient (Wildman–Crippen LogP) is 4.80. The minimum atomic E-state index is -0.893. The van der Waals surface area contributed by atoms with Crippen LogP contribution < -0.4 is 21.3 Å². The van der Waals surface area contributed by atoms with E-state index in [0.29, 0.717) is 22.9 Å². The number of carbonyl (C=O) groups is 4. The highest BCUT2D eigenvalue weighted by Crippen LogP contribution is 2.29. The van der Waals surface area contributed by atoms with Crippen molar-refractivity contribution in [3.8, 4) is 0 Å². The van der Waals surface area contributed by atoms with E-state index in [1.807, 2.05) is 71.9 Å². The largest absolute Gasteiger partial charge is 0.474 e. The number of hydrogen-bond acceptors (Lipinski definition) is 12. The minimum Gasteiger partial charge on any atom is -0.474 e. The van der Waals surface area contributed by atoms with Gasteiger partial charge in [0.25, 0.3) is 11.8 Å². The Labute approximate surface area is 329 Å². The topological polar surface area (TPSA) is 185 Å². The molecule has 2 aromatic heterocycles. The van der Waals surface area contributed by atoms with Crippen molar-refractivity contribution < 1.29 is 28.7 Å². The van der Waals surface area contributed by atoms with E-state index >= 15 is 0 Å². The van der Waals surface area contributed by atoms with E-state index in [0.717, 1.165) is 5.56 Å². The van der Waals surface area contributed by atoms with E-state index in [-0.39, 0.29) is 52.8 Å². The summed E-state index contributed by atoms with van der Waals surface area (Å²) in [4.78, 5) is 74.2. The molecular formula is C39H50N8O6S2. The summed E-state index contributed by atoms with van der Waals surface area (Å²) in [5, 5.41) is 16.8. The SMILES string of the molecule is CCC(C)C1NC(=O)c2csc(n2)C(Cc2ccccc2)NC(=O)C2N=C(OC2C)C(C(C)C)NC(=O)c2csc(n2)C(C(C)C)NC(=O)C2N=C1OC2C. The van der Waals surface area contributed by atoms with Gasteiger partial charge in [-0.05, 0) is 43.6 Å². The lowest BCUT2D eigenvalue weighted by molar-refractivity contribution is -0.125. The van der Waals surface area contributed by atoms with Gasteiger partial charge in [-0.25, -0.2) is 20.0 Å². The van der Waals surface area contributed by atoms with Crippen LogP contribution >= 0.6 is 22.7 Å². The van der Waals surface area contributed by atoms with E-state index < -0.39 is 60.3 Å². The van der Waals surface area contributed by atoms with E-state index in [9.17, 15) is 19.2 Å². The second kappa shape index (κ2) is 17.0. The number of hydrogen-bond donors (Lipinski definition) is 4. The van der Waals surface area contributed by atoms with Crippen LogP contribution in [0.2, 0.25) is 0 Å². The summed E-state index contributed by atoms with van der Waals surface area (Å²) in [6, 6.07) is 5.59. The van der Waals surface area contributed by atoms with Crippen molar-refractivity contribution in [1.82, 2.24) is 31.2 Å². The van der Waals surface area contributed by atoms with Gasteiger partial charge in [-0.1, -0.05) is 78.3 Å². The summed E-state index contributed by atoms with van der Waals surface area (Å²) in [7, 11) is 0. The number of ether oxygens (including phenoxy) is 2. The zero-order valence-electron chi connectivity index (χ0n) is 32.4. The van der Waals surface area contributed by atoms with E-state index in [1.165, 1.54) is 22.7 Å². The third-order valence-corrected chi connectivity index (χ3v) is 12.1. The highest BCUT2D eigenvalue weighted by atomic mass is 32.1. The van der Waals surface area contributed by atoms with Crippen LogP contribution in [0.3, 0.4) is 0 Å². The quantitative estimate of drug-likeness (QED) is 0.275. The third-order valence-electron chi connectivity index (χ3n) is 10.2. The maximum atomic E-state index is 14.0.